The molecular weight excluding hydrogens is 828 g/mol. The summed E-state index contributed by atoms with van der Waals surface area (Å²) in [5.41, 5.74) is 23.7. The predicted molar refractivity (Wildman–Crippen MR) is 294 cm³/mol. The summed E-state index contributed by atoms with van der Waals surface area (Å²) < 4.78 is 1.40. The summed E-state index contributed by atoms with van der Waals surface area (Å²) in [5.74, 6) is 0. The van der Waals surface area contributed by atoms with Crippen molar-refractivity contribution < 1.29 is 0 Å². The molecule has 0 radical (unpaired) electrons. The van der Waals surface area contributed by atoms with Gasteiger partial charge in [-0.3, -0.25) is 0 Å². The Labute approximate surface area is 406 Å². The average molecular weight is 899 g/mol. The molecule has 2 aliphatic carbocycles. The lowest BCUT2D eigenvalue weighted by molar-refractivity contribution is 0.332. The first-order valence-electron chi connectivity index (χ1n) is 25.2. The lowest BCUT2D eigenvalue weighted by atomic mass is 9.33. The molecule has 0 spiro atoms. The second kappa shape index (κ2) is 14.5. The summed E-state index contributed by atoms with van der Waals surface area (Å²) in [6.07, 6.45) is 4.72. The van der Waals surface area contributed by atoms with E-state index in [2.05, 4.69) is 223 Å². The Morgan fingerprint density at radius 3 is 1.72 bits per heavy atom. The number of hydrogen-bond acceptors (Lipinski definition) is 3. The average Bonchev–Trinajstić information content (AvgIpc) is 3.64. The highest BCUT2D eigenvalue weighted by Crippen LogP contribution is 2.56. The number of aryl methyl sites for hydroxylation is 1. The van der Waals surface area contributed by atoms with E-state index in [1.807, 2.05) is 11.3 Å². The van der Waals surface area contributed by atoms with Crippen LogP contribution in [0.15, 0.2) is 109 Å². The van der Waals surface area contributed by atoms with E-state index in [0.29, 0.717) is 0 Å². The van der Waals surface area contributed by atoms with Crippen molar-refractivity contribution in [3.63, 3.8) is 0 Å². The fourth-order valence-electron chi connectivity index (χ4n) is 12.6. The van der Waals surface area contributed by atoms with E-state index in [1.165, 1.54) is 129 Å². The second-order valence-electron chi connectivity index (χ2n) is 25.6. The van der Waals surface area contributed by atoms with E-state index >= 15 is 0 Å². The van der Waals surface area contributed by atoms with Crippen molar-refractivity contribution in [2.45, 2.75) is 162 Å². The molecule has 342 valence electrons. The molecule has 0 saturated carbocycles. The van der Waals surface area contributed by atoms with Crippen LogP contribution in [0.25, 0.3) is 21.2 Å². The second-order valence-corrected chi connectivity index (χ2v) is 26.7. The van der Waals surface area contributed by atoms with Gasteiger partial charge < -0.3 is 9.80 Å². The molecule has 4 aliphatic rings. The van der Waals surface area contributed by atoms with Crippen molar-refractivity contribution in [3.05, 3.63) is 148 Å². The molecule has 0 amide bonds. The Morgan fingerprint density at radius 1 is 0.522 bits per heavy atom. The molecule has 1 aromatic heterocycles. The highest BCUT2D eigenvalue weighted by atomic mass is 32.1. The fourth-order valence-corrected chi connectivity index (χ4v) is 13.9. The molecule has 0 N–H and O–H groups in total. The summed E-state index contributed by atoms with van der Waals surface area (Å²) in [5, 5.41) is 2.78. The lowest BCUT2D eigenvalue weighted by Gasteiger charge is -2.49. The third-order valence-electron chi connectivity index (χ3n) is 16.9. The van der Waals surface area contributed by atoms with Crippen molar-refractivity contribution >= 4 is 78.0 Å². The van der Waals surface area contributed by atoms with Crippen LogP contribution in [-0.4, -0.2) is 6.71 Å². The topological polar surface area (TPSA) is 6.48 Å². The minimum Gasteiger partial charge on any atom is -0.311 e. The third-order valence-corrected chi connectivity index (χ3v) is 18.1. The van der Waals surface area contributed by atoms with Crippen LogP contribution in [0.5, 0.6) is 0 Å². The van der Waals surface area contributed by atoms with Crippen molar-refractivity contribution in [2.24, 2.45) is 0 Å². The molecule has 67 heavy (non-hydrogen) atoms. The highest BCUT2D eigenvalue weighted by Gasteiger charge is 2.50. The maximum atomic E-state index is 2.72. The number of anilines is 6. The van der Waals surface area contributed by atoms with Gasteiger partial charge in [-0.2, -0.15) is 0 Å². The van der Waals surface area contributed by atoms with Crippen molar-refractivity contribution in [2.75, 3.05) is 9.80 Å². The zero-order valence-electron chi connectivity index (χ0n) is 43.1. The maximum Gasteiger partial charge on any atom is 0.254 e. The number of fused-ring (bicyclic) bond motifs is 9. The Kier molecular flexibility index (Phi) is 9.61. The van der Waals surface area contributed by atoms with E-state index in [-0.39, 0.29) is 39.2 Å². The van der Waals surface area contributed by atoms with Crippen LogP contribution >= 0.6 is 11.3 Å². The molecule has 6 aromatic carbocycles. The number of nitrogens with zero attached hydrogens (tertiary/aromatic N) is 2. The van der Waals surface area contributed by atoms with Gasteiger partial charge in [0, 0.05) is 33.0 Å². The van der Waals surface area contributed by atoms with E-state index in [4.69, 9.17) is 0 Å². The Bertz CT molecular complexity index is 3160. The minimum atomic E-state index is -0.0156. The molecule has 0 bridgehead atoms. The first-order chi connectivity index (χ1) is 31.4. The van der Waals surface area contributed by atoms with Crippen LogP contribution in [0.1, 0.15) is 162 Å². The standard InChI is InChI=1S/C63H71BN2S/c1-38-33-50-55-51(34-38)66(49-28-23-41(59(5,6)7)35-43(49)39-19-17-16-18-20-39)57-54(44-36-46-47(37-52(44)67-57)62(12,13)30-29-61(46,10)11)64(55)48-27-26-45-53(63(14,15)32-31-60(45,8)9)56(48)65(50)42-24-21-40(22-25-42)58(2,3)4/h16-28,33-37H,29-32H2,1-15H3. The first kappa shape index (κ1) is 44.5. The van der Waals surface area contributed by atoms with E-state index in [9.17, 15) is 0 Å². The van der Waals surface area contributed by atoms with Gasteiger partial charge in [0.05, 0.1) is 10.7 Å². The Morgan fingerprint density at radius 2 is 1.09 bits per heavy atom. The van der Waals surface area contributed by atoms with Crippen molar-refractivity contribution in [1.82, 2.24) is 0 Å². The van der Waals surface area contributed by atoms with Gasteiger partial charge in [-0.1, -0.05) is 158 Å². The Hall–Kier alpha value is -5.06. The third kappa shape index (κ3) is 6.76. The van der Waals surface area contributed by atoms with Gasteiger partial charge in [0.25, 0.3) is 6.71 Å². The molecule has 0 atom stereocenters. The maximum absolute atomic E-state index is 2.72. The first-order valence-corrected chi connectivity index (χ1v) is 26.0. The van der Waals surface area contributed by atoms with Crippen molar-refractivity contribution in [1.29, 1.82) is 0 Å². The van der Waals surface area contributed by atoms with Gasteiger partial charge in [-0.05, 0) is 180 Å². The molecule has 7 aromatic rings. The van der Waals surface area contributed by atoms with Gasteiger partial charge in [0.2, 0.25) is 0 Å². The smallest absolute Gasteiger partial charge is 0.254 e. The van der Waals surface area contributed by atoms with Crippen LogP contribution in [-0.2, 0) is 32.5 Å². The predicted octanol–water partition coefficient (Wildman–Crippen LogP) is 16.3. The zero-order valence-corrected chi connectivity index (χ0v) is 43.9. The van der Waals surface area contributed by atoms with Crippen LogP contribution in [0, 0.1) is 6.92 Å². The lowest BCUT2D eigenvalue weighted by Crippen LogP contribution is -2.61. The molecule has 0 unspecified atom stereocenters. The summed E-state index contributed by atoms with van der Waals surface area (Å²) >= 11 is 2.02. The number of thiophene rings is 1. The summed E-state index contributed by atoms with van der Waals surface area (Å²) in [6, 6.07) is 43.6. The highest BCUT2D eigenvalue weighted by molar-refractivity contribution is 7.26. The quantitative estimate of drug-likeness (QED) is 0.163. The number of rotatable bonds is 3. The Balaban J connectivity index is 1.31. The number of hydrogen-bond donors (Lipinski definition) is 0. The monoisotopic (exact) mass is 899 g/mol. The molecular formula is C63H71BN2S. The van der Waals surface area contributed by atoms with Gasteiger partial charge in [0.15, 0.2) is 0 Å². The minimum absolute atomic E-state index is 0.00671. The molecule has 0 fully saturated rings. The van der Waals surface area contributed by atoms with Crippen LogP contribution in [0.4, 0.5) is 33.4 Å². The van der Waals surface area contributed by atoms with E-state index < -0.39 is 0 Å². The fraction of sp³-hybridized carbons (Fsp3) is 0.397. The van der Waals surface area contributed by atoms with Gasteiger partial charge >= 0.3 is 0 Å². The molecule has 3 heterocycles. The van der Waals surface area contributed by atoms with Gasteiger partial charge in [-0.25, -0.2) is 0 Å². The largest absolute Gasteiger partial charge is 0.311 e. The SMILES string of the molecule is Cc1cc2c3c(c1)N(c1ccc(C(C)(C)C)cc1)c1c(ccc4c1C(C)(C)CCC4(C)C)B3c1c(sc3cc4c(cc13)C(C)(C)CCC4(C)C)N2c1ccc(C(C)(C)C)cc1-c1ccccc1. The zero-order chi connectivity index (χ0) is 47.5. The normalized spacial score (nSPS) is 18.5. The van der Waals surface area contributed by atoms with Crippen molar-refractivity contribution in [3.8, 4) is 11.1 Å². The van der Waals surface area contributed by atoms with E-state index in [0.717, 1.165) is 6.42 Å². The van der Waals surface area contributed by atoms with Crippen LogP contribution < -0.4 is 26.2 Å². The van der Waals surface area contributed by atoms with Gasteiger partial charge in [0.1, 0.15) is 0 Å². The van der Waals surface area contributed by atoms with Crippen LogP contribution in [0.3, 0.4) is 0 Å². The summed E-state index contributed by atoms with van der Waals surface area (Å²) in [4.78, 5) is 5.43. The van der Waals surface area contributed by atoms with Gasteiger partial charge in [-0.15, -0.1) is 11.3 Å². The number of benzene rings is 6. The van der Waals surface area contributed by atoms with Crippen LogP contribution in [0.2, 0.25) is 0 Å². The van der Waals surface area contributed by atoms with E-state index in [1.54, 1.807) is 0 Å². The molecule has 0 saturated heterocycles. The molecule has 11 rings (SSSR count). The molecule has 2 nitrogen and oxygen atoms in total. The molecule has 4 heteroatoms. The molecule has 2 aliphatic heterocycles. The summed E-state index contributed by atoms with van der Waals surface area (Å²) in [6.45, 7) is 36.3. The summed E-state index contributed by atoms with van der Waals surface area (Å²) in [7, 11) is 0.